The fourth-order valence-corrected chi connectivity index (χ4v) is 4.58. The molecule has 2 rings (SSSR count). The Balaban J connectivity index is 2.32. The first-order valence-electron chi connectivity index (χ1n) is 5.21. The number of hydrogen-bond acceptors (Lipinski definition) is 3. The lowest BCUT2D eigenvalue weighted by Gasteiger charge is -2.08. The van der Waals surface area contributed by atoms with Gasteiger partial charge in [0.15, 0.2) is 0 Å². The van der Waals surface area contributed by atoms with Crippen molar-refractivity contribution in [3.05, 3.63) is 29.8 Å². The van der Waals surface area contributed by atoms with Crippen LogP contribution in [0.4, 0.5) is 0 Å². The minimum absolute atomic E-state index is 0.257. The molecule has 1 atom stereocenters. The molecule has 1 aliphatic rings. The van der Waals surface area contributed by atoms with Crippen LogP contribution in [-0.2, 0) is 10.0 Å². The lowest BCUT2D eigenvalue weighted by atomic mass is 10.2. The van der Waals surface area contributed by atoms with Crippen molar-refractivity contribution in [3.63, 3.8) is 0 Å². The number of halogens is 1. The first-order valence-corrected chi connectivity index (χ1v) is 8.07. The molecule has 17 heavy (non-hydrogen) atoms. The average Bonchev–Trinajstić information content (AvgIpc) is 2.52. The van der Waals surface area contributed by atoms with Crippen LogP contribution in [0.25, 0.3) is 0 Å². The topological polar surface area (TPSA) is 46.5 Å². The lowest BCUT2D eigenvalue weighted by Crippen LogP contribution is -2.03. The van der Waals surface area contributed by atoms with Crippen molar-refractivity contribution in [3.8, 4) is 0 Å². The fourth-order valence-electron chi connectivity index (χ4n) is 1.56. The van der Waals surface area contributed by atoms with Gasteiger partial charge in [0, 0.05) is 16.7 Å². The summed E-state index contributed by atoms with van der Waals surface area (Å²) >= 11 is 7.13. The number of fused-ring (bicyclic) bond motifs is 1. The molecule has 1 aromatic carbocycles. The van der Waals surface area contributed by atoms with Crippen LogP contribution < -0.4 is 0 Å². The van der Waals surface area contributed by atoms with Gasteiger partial charge in [0.2, 0.25) is 0 Å². The molecule has 1 unspecified atom stereocenters. The summed E-state index contributed by atoms with van der Waals surface area (Å²) in [4.78, 5) is 0.306. The van der Waals surface area contributed by atoms with E-state index in [9.17, 15) is 8.42 Å². The van der Waals surface area contributed by atoms with Gasteiger partial charge in [-0.25, -0.2) is 0 Å². The largest absolute Gasteiger partial charge is 0.284 e. The van der Waals surface area contributed by atoms with Gasteiger partial charge >= 0.3 is 0 Å². The van der Waals surface area contributed by atoms with E-state index in [0.717, 1.165) is 6.42 Å². The second-order valence-corrected chi connectivity index (χ2v) is 7.15. The molecule has 0 N–H and O–H groups in total. The zero-order valence-electron chi connectivity index (χ0n) is 9.26. The summed E-state index contributed by atoms with van der Waals surface area (Å²) in [5.74, 6) is 0.565. The van der Waals surface area contributed by atoms with Gasteiger partial charge in [0.05, 0.1) is 4.90 Å². The molecular weight excluding hydrogens is 278 g/mol. The van der Waals surface area contributed by atoms with E-state index >= 15 is 0 Å². The summed E-state index contributed by atoms with van der Waals surface area (Å²) in [7, 11) is -3.48. The normalized spacial score (nSPS) is 18.6. The molecule has 92 valence electrons. The molecule has 3 nitrogen and oxygen atoms in total. The van der Waals surface area contributed by atoms with E-state index in [1.54, 1.807) is 18.2 Å². The van der Waals surface area contributed by atoms with Crippen LogP contribution in [0.2, 0.25) is 0 Å². The van der Waals surface area contributed by atoms with Crippen molar-refractivity contribution in [1.29, 1.82) is 0 Å². The Labute approximate surface area is 110 Å². The van der Waals surface area contributed by atoms with E-state index in [0.29, 0.717) is 21.4 Å². The number of hydrogen-bond donors (Lipinski definition) is 0. The van der Waals surface area contributed by atoms with Crippen LogP contribution in [-0.4, -0.2) is 24.6 Å². The number of benzene rings is 1. The number of thioether (sulfide) groups is 1. The van der Waals surface area contributed by atoms with E-state index in [4.69, 9.17) is 11.6 Å². The maximum absolute atomic E-state index is 11.8. The first kappa shape index (κ1) is 12.9. The van der Waals surface area contributed by atoms with Gasteiger partial charge in [0.1, 0.15) is 5.04 Å². The standard InChI is InChI=1S/C11H12ClNO2S2/c1-8(6-7-12)16-11-9-4-2-3-5-10(9)17(14,15)13-11/h2-5,8H,6-7H2,1H3. The summed E-state index contributed by atoms with van der Waals surface area (Å²) < 4.78 is 27.4. The van der Waals surface area contributed by atoms with Crippen LogP contribution >= 0.6 is 23.4 Å². The Bertz CT molecular complexity index is 554. The summed E-state index contributed by atoms with van der Waals surface area (Å²) in [5, 5.41) is 0.839. The predicted octanol–water partition coefficient (Wildman–Crippen LogP) is 2.89. The van der Waals surface area contributed by atoms with E-state index in [1.165, 1.54) is 11.8 Å². The molecule has 6 heteroatoms. The highest BCUT2D eigenvalue weighted by Gasteiger charge is 2.29. The van der Waals surface area contributed by atoms with Crippen molar-refractivity contribution < 1.29 is 8.42 Å². The molecule has 0 fully saturated rings. The fraction of sp³-hybridized carbons (Fsp3) is 0.364. The van der Waals surface area contributed by atoms with Crippen molar-refractivity contribution in [2.45, 2.75) is 23.5 Å². The first-order chi connectivity index (χ1) is 8.04. The van der Waals surface area contributed by atoms with E-state index < -0.39 is 10.0 Å². The van der Waals surface area contributed by atoms with Gasteiger partial charge in [-0.3, -0.25) is 0 Å². The van der Waals surface area contributed by atoms with Gasteiger partial charge in [0.25, 0.3) is 10.0 Å². The predicted molar refractivity (Wildman–Crippen MR) is 72.6 cm³/mol. The Morgan fingerprint density at radius 2 is 2.12 bits per heavy atom. The third-order valence-corrected chi connectivity index (χ3v) is 5.27. The highest BCUT2D eigenvalue weighted by molar-refractivity contribution is 8.15. The lowest BCUT2D eigenvalue weighted by molar-refractivity contribution is 0.599. The molecule has 0 spiro atoms. The van der Waals surface area contributed by atoms with Crippen LogP contribution in [0.5, 0.6) is 0 Å². The maximum Gasteiger partial charge on any atom is 0.284 e. The van der Waals surface area contributed by atoms with E-state index in [-0.39, 0.29) is 5.25 Å². The maximum atomic E-state index is 11.8. The summed E-state index contributed by atoms with van der Waals surface area (Å²) in [5.41, 5.74) is 0.707. The zero-order valence-corrected chi connectivity index (χ0v) is 11.6. The molecular formula is C11H12ClNO2S2. The Kier molecular flexibility index (Phi) is 3.80. The van der Waals surface area contributed by atoms with Crippen molar-refractivity contribution in [2.24, 2.45) is 4.40 Å². The SMILES string of the molecule is CC(CCCl)SC1=NS(=O)(=O)c2ccccc21. The Morgan fingerprint density at radius 3 is 2.82 bits per heavy atom. The summed E-state index contributed by atoms with van der Waals surface area (Å²) in [6.07, 6.45) is 0.827. The molecule has 0 radical (unpaired) electrons. The van der Waals surface area contributed by atoms with Gasteiger partial charge in [-0.2, -0.15) is 12.8 Å². The number of sulfonamides is 1. The van der Waals surface area contributed by atoms with Crippen molar-refractivity contribution in [2.75, 3.05) is 5.88 Å². The molecule has 0 aliphatic carbocycles. The number of nitrogens with zero attached hydrogens (tertiary/aromatic N) is 1. The number of rotatable bonds is 3. The van der Waals surface area contributed by atoms with Crippen LogP contribution in [0.1, 0.15) is 18.9 Å². The zero-order chi connectivity index (χ0) is 12.5. The molecule has 1 aliphatic heterocycles. The van der Waals surface area contributed by atoms with Gasteiger partial charge in [-0.15, -0.1) is 23.4 Å². The molecule has 1 heterocycles. The Hall–Kier alpha value is -0.520. The highest BCUT2D eigenvalue weighted by atomic mass is 35.5. The van der Waals surface area contributed by atoms with Gasteiger partial charge in [-0.05, 0) is 12.5 Å². The average molecular weight is 290 g/mol. The molecule has 0 saturated carbocycles. The number of alkyl halides is 1. The van der Waals surface area contributed by atoms with Crippen LogP contribution in [0.15, 0.2) is 33.6 Å². The minimum atomic E-state index is -3.48. The second kappa shape index (κ2) is 5.00. The molecule has 1 aromatic rings. The monoisotopic (exact) mass is 289 g/mol. The molecule has 0 bridgehead atoms. The Morgan fingerprint density at radius 1 is 1.41 bits per heavy atom. The van der Waals surface area contributed by atoms with Gasteiger partial charge in [-0.1, -0.05) is 25.1 Å². The van der Waals surface area contributed by atoms with E-state index in [2.05, 4.69) is 4.40 Å². The van der Waals surface area contributed by atoms with Crippen LogP contribution in [0.3, 0.4) is 0 Å². The third-order valence-electron chi connectivity index (χ3n) is 2.43. The minimum Gasteiger partial charge on any atom is -0.199 e. The molecule has 0 saturated heterocycles. The smallest absolute Gasteiger partial charge is 0.199 e. The second-order valence-electron chi connectivity index (χ2n) is 3.77. The van der Waals surface area contributed by atoms with Crippen molar-refractivity contribution in [1.82, 2.24) is 0 Å². The summed E-state index contributed by atoms with van der Waals surface area (Å²) in [6.45, 7) is 2.02. The summed E-state index contributed by atoms with van der Waals surface area (Å²) in [6, 6.07) is 6.91. The third kappa shape index (κ3) is 2.67. The molecule has 0 aromatic heterocycles. The molecule has 0 amide bonds. The van der Waals surface area contributed by atoms with Crippen molar-refractivity contribution >= 4 is 38.4 Å². The van der Waals surface area contributed by atoms with E-state index in [1.807, 2.05) is 13.0 Å². The van der Waals surface area contributed by atoms with Gasteiger partial charge < -0.3 is 0 Å². The quantitative estimate of drug-likeness (QED) is 0.804. The highest BCUT2D eigenvalue weighted by Crippen LogP contribution is 2.32. The van der Waals surface area contributed by atoms with Crippen LogP contribution in [0, 0.1) is 0 Å².